The summed E-state index contributed by atoms with van der Waals surface area (Å²) in [7, 11) is 0. The van der Waals surface area contributed by atoms with Crippen LogP contribution in [0.3, 0.4) is 0 Å². The molecule has 1 saturated carbocycles. The lowest BCUT2D eigenvalue weighted by Gasteiger charge is -2.43. The van der Waals surface area contributed by atoms with Gasteiger partial charge >= 0.3 is 6.09 Å². The van der Waals surface area contributed by atoms with Crippen LogP contribution in [0.4, 0.5) is 4.79 Å². The van der Waals surface area contributed by atoms with Crippen LogP contribution in [0.25, 0.3) is 11.3 Å². The molecular formula is C31H36N6O3. The van der Waals surface area contributed by atoms with E-state index >= 15 is 0 Å². The second-order valence-corrected chi connectivity index (χ2v) is 10.7. The molecule has 9 nitrogen and oxygen atoms in total. The van der Waals surface area contributed by atoms with Crippen LogP contribution in [-0.4, -0.2) is 57.7 Å². The molecule has 2 aromatic carbocycles. The van der Waals surface area contributed by atoms with Crippen molar-refractivity contribution in [1.29, 1.82) is 5.26 Å². The summed E-state index contributed by atoms with van der Waals surface area (Å²) in [6.07, 6.45) is 5.65. The number of piperazine rings is 1. The number of amides is 2. The van der Waals surface area contributed by atoms with Crippen LogP contribution in [0, 0.1) is 11.3 Å². The molecule has 9 heteroatoms. The summed E-state index contributed by atoms with van der Waals surface area (Å²) in [5.74, 6) is -0.119. The molecule has 5 rings (SSSR count). The first-order valence-electron chi connectivity index (χ1n) is 14.1. The molecule has 0 spiro atoms. The minimum Gasteiger partial charge on any atom is -0.441 e. The Balaban J connectivity index is 1.53. The number of carbonyl (C=O) groups is 2. The highest BCUT2D eigenvalue weighted by molar-refractivity contribution is 5.98. The minimum absolute atomic E-state index is 0.0643. The quantitative estimate of drug-likeness (QED) is 0.456. The van der Waals surface area contributed by atoms with Gasteiger partial charge in [-0.3, -0.25) is 4.79 Å². The van der Waals surface area contributed by atoms with Crippen LogP contribution in [0.15, 0.2) is 60.9 Å². The van der Waals surface area contributed by atoms with Gasteiger partial charge in [0, 0.05) is 31.2 Å². The first-order valence-corrected chi connectivity index (χ1v) is 14.1. The SMILES string of the molecule is CC[C@]1(OC(N)=O)CCCC[C@@H]1n1cnc(C(=O)N2CCNC[C@H]2Cc2ccc(C#N)cc2)c1-c1ccccc1. The standard InChI is InChI=1S/C31H36N6O3/c1-2-31(40-30(33)39)15-7-6-10-26(31)37-21-35-27(28(37)24-8-4-3-5-9-24)29(38)36-17-16-34-20-25(36)18-22-11-13-23(19-32)14-12-22/h3-5,8-9,11-14,21,25-26,34H,2,6-7,10,15-18,20H2,1H3,(H2,33,39)/t25-,26+,31+/m1/s1. The van der Waals surface area contributed by atoms with Gasteiger partial charge in [-0.1, -0.05) is 55.8 Å². The number of aromatic nitrogens is 2. The molecular weight excluding hydrogens is 504 g/mol. The molecule has 0 unspecified atom stereocenters. The Morgan fingerprint density at radius 3 is 2.65 bits per heavy atom. The zero-order valence-electron chi connectivity index (χ0n) is 22.9. The van der Waals surface area contributed by atoms with Gasteiger partial charge in [0.15, 0.2) is 5.69 Å². The van der Waals surface area contributed by atoms with E-state index < -0.39 is 11.7 Å². The molecule has 1 aliphatic carbocycles. The highest BCUT2D eigenvalue weighted by Gasteiger charge is 2.45. The van der Waals surface area contributed by atoms with Crippen LogP contribution >= 0.6 is 0 Å². The molecule has 3 atom stereocenters. The predicted molar refractivity (Wildman–Crippen MR) is 151 cm³/mol. The first-order chi connectivity index (χ1) is 19.5. The molecule has 2 heterocycles. The van der Waals surface area contributed by atoms with Crippen LogP contribution < -0.4 is 11.1 Å². The number of imidazole rings is 1. The molecule has 2 aliphatic rings. The van der Waals surface area contributed by atoms with Crippen molar-refractivity contribution in [2.75, 3.05) is 19.6 Å². The number of nitriles is 1. The molecule has 2 fully saturated rings. The smallest absolute Gasteiger partial charge is 0.405 e. The fraction of sp³-hybridized carbons (Fsp3) is 0.419. The molecule has 3 aromatic rings. The maximum atomic E-state index is 14.3. The van der Waals surface area contributed by atoms with Crippen molar-refractivity contribution < 1.29 is 14.3 Å². The third-order valence-corrected chi connectivity index (χ3v) is 8.38. The molecule has 1 aliphatic heterocycles. The van der Waals surface area contributed by atoms with Crippen molar-refractivity contribution in [3.8, 4) is 17.3 Å². The average Bonchev–Trinajstić information content (AvgIpc) is 3.42. The number of ether oxygens (including phenoxy) is 1. The number of benzene rings is 2. The fourth-order valence-electron chi connectivity index (χ4n) is 6.36. The largest absolute Gasteiger partial charge is 0.441 e. The van der Waals surface area contributed by atoms with Gasteiger partial charge in [0.25, 0.3) is 5.91 Å². The zero-order valence-corrected chi connectivity index (χ0v) is 22.9. The van der Waals surface area contributed by atoms with Crippen molar-refractivity contribution in [2.24, 2.45) is 5.73 Å². The Bertz CT molecular complexity index is 1380. The molecule has 3 N–H and O–H groups in total. The average molecular weight is 541 g/mol. The van der Waals surface area contributed by atoms with Gasteiger partial charge in [0.1, 0.15) is 5.60 Å². The van der Waals surface area contributed by atoms with Gasteiger partial charge < -0.3 is 25.3 Å². The van der Waals surface area contributed by atoms with E-state index in [1.54, 1.807) is 6.33 Å². The molecule has 40 heavy (non-hydrogen) atoms. The lowest BCUT2D eigenvalue weighted by Crippen LogP contribution is -2.54. The number of hydrogen-bond acceptors (Lipinski definition) is 6. The third kappa shape index (κ3) is 5.45. The van der Waals surface area contributed by atoms with Crippen LogP contribution in [0.5, 0.6) is 0 Å². The fourth-order valence-corrected chi connectivity index (χ4v) is 6.36. The summed E-state index contributed by atoms with van der Waals surface area (Å²) >= 11 is 0. The molecule has 1 aromatic heterocycles. The van der Waals surface area contributed by atoms with Gasteiger partial charge in [-0.15, -0.1) is 0 Å². The van der Waals surface area contributed by atoms with E-state index in [-0.39, 0.29) is 18.0 Å². The van der Waals surface area contributed by atoms with Gasteiger partial charge in [-0.25, -0.2) is 9.78 Å². The van der Waals surface area contributed by atoms with Crippen LogP contribution in [0.1, 0.15) is 66.7 Å². The Morgan fingerprint density at radius 2 is 1.95 bits per heavy atom. The molecule has 1 saturated heterocycles. The van der Waals surface area contributed by atoms with E-state index in [0.29, 0.717) is 50.2 Å². The summed E-state index contributed by atoms with van der Waals surface area (Å²) < 4.78 is 7.89. The lowest BCUT2D eigenvalue weighted by molar-refractivity contribution is -0.0526. The Kier molecular flexibility index (Phi) is 8.17. The number of rotatable bonds is 7. The van der Waals surface area contributed by atoms with Crippen molar-refractivity contribution in [3.05, 3.63) is 77.7 Å². The maximum Gasteiger partial charge on any atom is 0.405 e. The van der Waals surface area contributed by atoms with E-state index in [2.05, 4.69) is 11.4 Å². The summed E-state index contributed by atoms with van der Waals surface area (Å²) in [6.45, 7) is 3.95. The molecule has 208 valence electrons. The first kappa shape index (κ1) is 27.4. The van der Waals surface area contributed by atoms with Crippen molar-refractivity contribution in [3.63, 3.8) is 0 Å². The third-order valence-electron chi connectivity index (χ3n) is 8.38. The van der Waals surface area contributed by atoms with Crippen LogP contribution in [0.2, 0.25) is 0 Å². The zero-order chi connectivity index (χ0) is 28.1. The Hall–Kier alpha value is -4.16. The number of nitrogens with two attached hydrogens (primary N) is 1. The van der Waals surface area contributed by atoms with Gasteiger partial charge in [0.2, 0.25) is 0 Å². The summed E-state index contributed by atoms with van der Waals surface area (Å²) in [5, 5.41) is 12.6. The van der Waals surface area contributed by atoms with E-state index in [1.807, 2.05) is 71.0 Å². The topological polar surface area (TPSA) is 126 Å². The van der Waals surface area contributed by atoms with Gasteiger partial charge in [-0.2, -0.15) is 5.26 Å². The summed E-state index contributed by atoms with van der Waals surface area (Å²) in [5.41, 5.74) is 8.49. The van der Waals surface area contributed by atoms with E-state index in [1.165, 1.54) is 0 Å². The normalized spacial score (nSPS) is 22.9. The van der Waals surface area contributed by atoms with Crippen LogP contribution in [-0.2, 0) is 11.2 Å². The summed E-state index contributed by atoms with van der Waals surface area (Å²) in [6, 6.07) is 19.2. The van der Waals surface area contributed by atoms with E-state index in [9.17, 15) is 9.59 Å². The number of hydrogen-bond donors (Lipinski definition) is 2. The molecule has 0 bridgehead atoms. The summed E-state index contributed by atoms with van der Waals surface area (Å²) in [4.78, 5) is 32.9. The van der Waals surface area contributed by atoms with Gasteiger partial charge in [0.05, 0.1) is 29.7 Å². The maximum absolute atomic E-state index is 14.3. The predicted octanol–water partition coefficient (Wildman–Crippen LogP) is 4.44. The number of carbonyl (C=O) groups excluding carboxylic acids is 2. The highest BCUT2D eigenvalue weighted by atomic mass is 16.6. The van der Waals surface area contributed by atoms with Crippen molar-refractivity contribution in [1.82, 2.24) is 19.8 Å². The Morgan fingerprint density at radius 1 is 1.18 bits per heavy atom. The van der Waals surface area contributed by atoms with E-state index in [0.717, 1.165) is 36.1 Å². The molecule has 2 amide bonds. The van der Waals surface area contributed by atoms with Crippen molar-refractivity contribution >= 4 is 12.0 Å². The lowest BCUT2D eigenvalue weighted by atomic mass is 9.78. The van der Waals surface area contributed by atoms with Crippen molar-refractivity contribution in [2.45, 2.75) is 63.1 Å². The molecule has 0 radical (unpaired) electrons. The highest BCUT2D eigenvalue weighted by Crippen LogP contribution is 2.45. The second-order valence-electron chi connectivity index (χ2n) is 10.7. The monoisotopic (exact) mass is 540 g/mol. The second kappa shape index (κ2) is 11.9. The number of nitrogens with one attached hydrogen (secondary N) is 1. The Labute approximate surface area is 234 Å². The van der Waals surface area contributed by atoms with Gasteiger partial charge in [-0.05, 0) is 49.8 Å². The number of primary amides is 1. The van der Waals surface area contributed by atoms with E-state index in [4.69, 9.17) is 20.7 Å². The minimum atomic E-state index is -0.780. The number of nitrogens with zero attached hydrogens (tertiary/aromatic N) is 4.